The molecule has 1 aromatic rings. The van der Waals surface area contributed by atoms with E-state index < -0.39 is 11.7 Å². The molecule has 0 bridgehead atoms. The molecule has 12 heavy (non-hydrogen) atoms. The number of hydrogen-bond donors (Lipinski definition) is 1. The number of rotatable bonds is 3. The van der Waals surface area contributed by atoms with Crippen LogP contribution in [-0.4, -0.2) is 17.8 Å². The maximum absolute atomic E-state index is 9.82. The van der Waals surface area contributed by atoms with Crippen LogP contribution in [-0.2, 0) is 4.74 Å². The highest BCUT2D eigenvalue weighted by molar-refractivity contribution is 7.07. The zero-order chi connectivity index (χ0) is 9.19. The number of hydrogen-bond acceptors (Lipinski definition) is 3. The summed E-state index contributed by atoms with van der Waals surface area (Å²) in [6.45, 7) is 3.74. The molecular weight excluding hydrogens is 172 g/mol. The Kier molecular flexibility index (Phi) is 2.88. The van der Waals surface area contributed by atoms with Crippen molar-refractivity contribution in [1.82, 2.24) is 0 Å². The van der Waals surface area contributed by atoms with Crippen LogP contribution in [0.4, 0.5) is 0 Å². The molecule has 0 fully saturated rings. The first-order valence-electron chi connectivity index (χ1n) is 3.83. The number of aliphatic hydroxyl groups is 1. The van der Waals surface area contributed by atoms with E-state index in [2.05, 4.69) is 0 Å². The highest BCUT2D eigenvalue weighted by Gasteiger charge is 2.28. The van der Waals surface area contributed by atoms with Crippen LogP contribution in [0.5, 0.6) is 0 Å². The fourth-order valence-electron chi connectivity index (χ4n) is 0.944. The average molecular weight is 186 g/mol. The Hall–Kier alpha value is -0.380. The number of aliphatic hydroxyl groups excluding tert-OH is 1. The van der Waals surface area contributed by atoms with Gasteiger partial charge in [-0.15, -0.1) is 0 Å². The highest BCUT2D eigenvalue weighted by Crippen LogP contribution is 2.29. The highest BCUT2D eigenvalue weighted by atomic mass is 32.1. The summed E-state index contributed by atoms with van der Waals surface area (Å²) >= 11 is 1.58. The molecule has 1 aromatic heterocycles. The van der Waals surface area contributed by atoms with Gasteiger partial charge in [-0.05, 0) is 36.2 Å². The SMILES string of the molecule is COC(C)(C)C(O)c1ccsc1. The van der Waals surface area contributed by atoms with Gasteiger partial charge in [-0.25, -0.2) is 0 Å². The van der Waals surface area contributed by atoms with Gasteiger partial charge < -0.3 is 9.84 Å². The summed E-state index contributed by atoms with van der Waals surface area (Å²) < 4.78 is 5.18. The smallest absolute Gasteiger partial charge is 0.108 e. The van der Waals surface area contributed by atoms with Gasteiger partial charge in [-0.2, -0.15) is 11.3 Å². The summed E-state index contributed by atoms with van der Waals surface area (Å²) in [6.07, 6.45) is -0.547. The lowest BCUT2D eigenvalue weighted by molar-refractivity contribution is -0.0791. The van der Waals surface area contributed by atoms with Gasteiger partial charge in [0.2, 0.25) is 0 Å². The second-order valence-electron chi connectivity index (χ2n) is 3.27. The molecule has 1 unspecified atom stereocenters. The lowest BCUT2D eigenvalue weighted by atomic mass is 9.97. The first-order chi connectivity index (χ1) is 5.58. The molecule has 0 amide bonds. The van der Waals surface area contributed by atoms with E-state index in [-0.39, 0.29) is 0 Å². The summed E-state index contributed by atoms with van der Waals surface area (Å²) in [4.78, 5) is 0. The molecule has 0 aromatic carbocycles. The van der Waals surface area contributed by atoms with Crippen molar-refractivity contribution in [3.63, 3.8) is 0 Å². The quantitative estimate of drug-likeness (QED) is 0.784. The molecule has 1 rings (SSSR count). The van der Waals surface area contributed by atoms with Crippen molar-refractivity contribution in [1.29, 1.82) is 0 Å². The van der Waals surface area contributed by atoms with Crippen LogP contribution in [0.15, 0.2) is 16.8 Å². The second-order valence-corrected chi connectivity index (χ2v) is 4.05. The first-order valence-corrected chi connectivity index (χ1v) is 4.77. The Morgan fingerprint density at radius 3 is 2.67 bits per heavy atom. The van der Waals surface area contributed by atoms with Crippen molar-refractivity contribution >= 4 is 11.3 Å². The van der Waals surface area contributed by atoms with E-state index in [4.69, 9.17) is 4.74 Å². The Labute approximate surface area is 76.8 Å². The van der Waals surface area contributed by atoms with Gasteiger partial charge in [0.05, 0.1) is 5.60 Å². The fourth-order valence-corrected chi connectivity index (χ4v) is 1.62. The van der Waals surface area contributed by atoms with Crippen LogP contribution in [0.2, 0.25) is 0 Å². The molecule has 0 saturated carbocycles. The van der Waals surface area contributed by atoms with E-state index in [9.17, 15) is 5.11 Å². The van der Waals surface area contributed by atoms with Crippen molar-refractivity contribution in [2.24, 2.45) is 0 Å². The predicted octanol–water partition coefficient (Wildman–Crippen LogP) is 2.21. The number of methoxy groups -OCH3 is 1. The second kappa shape index (κ2) is 3.56. The minimum atomic E-state index is -0.547. The van der Waals surface area contributed by atoms with Crippen molar-refractivity contribution in [2.75, 3.05) is 7.11 Å². The van der Waals surface area contributed by atoms with Gasteiger partial charge in [-0.1, -0.05) is 0 Å². The van der Waals surface area contributed by atoms with Gasteiger partial charge in [0.1, 0.15) is 6.10 Å². The van der Waals surface area contributed by atoms with Gasteiger partial charge in [0, 0.05) is 7.11 Å². The number of ether oxygens (including phenoxy) is 1. The molecule has 0 aliphatic carbocycles. The molecule has 1 atom stereocenters. The van der Waals surface area contributed by atoms with Crippen molar-refractivity contribution in [3.05, 3.63) is 22.4 Å². The van der Waals surface area contributed by atoms with Crippen molar-refractivity contribution in [2.45, 2.75) is 25.6 Å². The van der Waals surface area contributed by atoms with E-state index >= 15 is 0 Å². The Balaban J connectivity index is 2.78. The predicted molar refractivity (Wildman–Crippen MR) is 50.4 cm³/mol. The van der Waals surface area contributed by atoms with Crippen LogP contribution in [0, 0.1) is 0 Å². The molecule has 0 radical (unpaired) electrons. The minimum absolute atomic E-state index is 0.513. The van der Waals surface area contributed by atoms with E-state index in [0.717, 1.165) is 5.56 Å². The third-order valence-electron chi connectivity index (χ3n) is 2.04. The Bertz CT molecular complexity index is 229. The first kappa shape index (κ1) is 9.71. The van der Waals surface area contributed by atoms with Gasteiger partial charge in [0.15, 0.2) is 0 Å². The van der Waals surface area contributed by atoms with E-state index in [1.807, 2.05) is 30.7 Å². The van der Waals surface area contributed by atoms with E-state index in [1.54, 1.807) is 18.4 Å². The zero-order valence-electron chi connectivity index (χ0n) is 7.57. The Morgan fingerprint density at radius 1 is 1.58 bits per heavy atom. The van der Waals surface area contributed by atoms with Gasteiger partial charge in [-0.3, -0.25) is 0 Å². The summed E-state index contributed by atoms with van der Waals surface area (Å²) in [6, 6.07) is 1.91. The fraction of sp³-hybridized carbons (Fsp3) is 0.556. The average Bonchev–Trinajstić information content (AvgIpc) is 2.55. The molecule has 0 aliphatic heterocycles. The Morgan fingerprint density at radius 2 is 2.25 bits per heavy atom. The molecule has 1 heterocycles. The molecule has 1 N–H and O–H groups in total. The van der Waals surface area contributed by atoms with Crippen molar-refractivity contribution in [3.8, 4) is 0 Å². The van der Waals surface area contributed by atoms with Crippen LogP contribution >= 0.6 is 11.3 Å². The van der Waals surface area contributed by atoms with Gasteiger partial charge in [0.25, 0.3) is 0 Å². The lowest BCUT2D eigenvalue weighted by Gasteiger charge is -2.28. The molecule has 3 heteroatoms. The number of thiophene rings is 1. The largest absolute Gasteiger partial charge is 0.385 e. The maximum atomic E-state index is 9.82. The van der Waals surface area contributed by atoms with Crippen LogP contribution in [0.1, 0.15) is 25.5 Å². The molecular formula is C9H14O2S. The van der Waals surface area contributed by atoms with E-state index in [1.165, 1.54) is 0 Å². The van der Waals surface area contributed by atoms with Crippen LogP contribution in [0.25, 0.3) is 0 Å². The third kappa shape index (κ3) is 1.86. The van der Waals surface area contributed by atoms with Gasteiger partial charge >= 0.3 is 0 Å². The summed E-state index contributed by atoms with van der Waals surface area (Å²) in [7, 11) is 1.61. The zero-order valence-corrected chi connectivity index (χ0v) is 8.39. The normalized spacial score (nSPS) is 14.7. The molecule has 0 saturated heterocycles. The molecule has 0 spiro atoms. The van der Waals surface area contributed by atoms with Crippen LogP contribution in [0.3, 0.4) is 0 Å². The molecule has 0 aliphatic rings. The lowest BCUT2D eigenvalue weighted by Crippen LogP contribution is -2.31. The summed E-state index contributed by atoms with van der Waals surface area (Å²) in [5.74, 6) is 0. The third-order valence-corrected chi connectivity index (χ3v) is 2.74. The standard InChI is InChI=1S/C9H14O2S/c1-9(2,11-3)8(10)7-4-5-12-6-7/h4-6,8,10H,1-3H3. The monoisotopic (exact) mass is 186 g/mol. The molecule has 2 nitrogen and oxygen atoms in total. The van der Waals surface area contributed by atoms with E-state index in [0.29, 0.717) is 0 Å². The minimum Gasteiger partial charge on any atom is -0.385 e. The summed E-state index contributed by atoms with van der Waals surface area (Å²) in [5, 5.41) is 13.7. The molecule has 68 valence electrons. The maximum Gasteiger partial charge on any atom is 0.108 e. The van der Waals surface area contributed by atoms with Crippen LogP contribution < -0.4 is 0 Å². The summed E-state index contributed by atoms with van der Waals surface area (Å²) in [5.41, 5.74) is 0.410. The topological polar surface area (TPSA) is 29.5 Å². The van der Waals surface area contributed by atoms with Crippen molar-refractivity contribution < 1.29 is 9.84 Å².